The zero-order chi connectivity index (χ0) is 15.6. The van der Waals surface area contributed by atoms with Crippen LogP contribution in [-0.2, 0) is 16.6 Å². The molecule has 0 fully saturated rings. The average molecular weight is 308 g/mol. The van der Waals surface area contributed by atoms with Crippen molar-refractivity contribution in [3.05, 3.63) is 59.4 Å². The van der Waals surface area contributed by atoms with Crippen molar-refractivity contribution in [3.63, 3.8) is 0 Å². The molecule has 0 aliphatic heterocycles. The van der Waals surface area contributed by atoms with E-state index in [1.165, 1.54) is 19.2 Å². The van der Waals surface area contributed by atoms with Gasteiger partial charge in [-0.25, -0.2) is 12.8 Å². The lowest BCUT2D eigenvalue weighted by Gasteiger charge is -2.20. The SMILES string of the molecule is Cc1cccc(N(C)S(=O)(=O)c2ccc(CN)cc2F)c1. The van der Waals surface area contributed by atoms with E-state index in [1.807, 2.05) is 13.0 Å². The first-order valence-corrected chi connectivity index (χ1v) is 7.84. The molecule has 0 heterocycles. The number of hydrogen-bond donors (Lipinski definition) is 1. The van der Waals surface area contributed by atoms with Crippen molar-refractivity contribution in [2.24, 2.45) is 5.73 Å². The molecule has 6 heteroatoms. The maximum atomic E-state index is 14.0. The van der Waals surface area contributed by atoms with Crippen LogP contribution in [0.2, 0.25) is 0 Å². The number of hydrogen-bond acceptors (Lipinski definition) is 3. The minimum absolute atomic E-state index is 0.158. The van der Waals surface area contributed by atoms with Crippen molar-refractivity contribution in [1.29, 1.82) is 0 Å². The summed E-state index contributed by atoms with van der Waals surface area (Å²) in [6.45, 7) is 2.02. The van der Waals surface area contributed by atoms with Crippen LogP contribution in [0, 0.1) is 12.7 Å². The van der Waals surface area contributed by atoms with Gasteiger partial charge in [0, 0.05) is 13.6 Å². The molecule has 2 rings (SSSR count). The Balaban J connectivity index is 2.47. The smallest absolute Gasteiger partial charge is 0.266 e. The number of rotatable bonds is 4. The second-order valence-electron chi connectivity index (χ2n) is 4.78. The van der Waals surface area contributed by atoms with Gasteiger partial charge in [0.1, 0.15) is 10.7 Å². The van der Waals surface area contributed by atoms with Gasteiger partial charge in [0.2, 0.25) is 0 Å². The fourth-order valence-electron chi connectivity index (χ4n) is 1.99. The third-order valence-corrected chi connectivity index (χ3v) is 5.05. The molecule has 0 atom stereocenters. The number of sulfonamides is 1. The summed E-state index contributed by atoms with van der Waals surface area (Å²) in [5.74, 6) is -0.794. The van der Waals surface area contributed by atoms with E-state index >= 15 is 0 Å². The normalized spacial score (nSPS) is 11.4. The Labute approximate surface area is 124 Å². The Kier molecular flexibility index (Phi) is 4.29. The minimum Gasteiger partial charge on any atom is -0.326 e. The van der Waals surface area contributed by atoms with Gasteiger partial charge in [0.15, 0.2) is 0 Å². The molecule has 21 heavy (non-hydrogen) atoms. The lowest BCUT2D eigenvalue weighted by molar-refractivity contribution is 0.564. The van der Waals surface area contributed by atoms with Crippen LogP contribution in [0.25, 0.3) is 0 Å². The molecule has 2 N–H and O–H groups in total. The number of anilines is 1. The molecule has 0 spiro atoms. The Morgan fingerprint density at radius 2 is 1.90 bits per heavy atom. The fraction of sp³-hybridized carbons (Fsp3) is 0.200. The zero-order valence-corrected chi connectivity index (χ0v) is 12.7. The molecule has 0 amide bonds. The van der Waals surface area contributed by atoms with Crippen LogP contribution < -0.4 is 10.0 Å². The molecule has 0 bridgehead atoms. The summed E-state index contributed by atoms with van der Waals surface area (Å²) in [6.07, 6.45) is 0. The number of benzene rings is 2. The van der Waals surface area contributed by atoms with Crippen molar-refractivity contribution < 1.29 is 12.8 Å². The van der Waals surface area contributed by atoms with E-state index in [4.69, 9.17) is 5.73 Å². The van der Waals surface area contributed by atoms with Crippen LogP contribution in [0.15, 0.2) is 47.4 Å². The van der Waals surface area contributed by atoms with Gasteiger partial charge in [-0.2, -0.15) is 0 Å². The molecular weight excluding hydrogens is 291 g/mol. The van der Waals surface area contributed by atoms with Gasteiger partial charge in [-0.1, -0.05) is 18.2 Å². The first-order valence-electron chi connectivity index (χ1n) is 6.40. The number of aryl methyl sites for hydroxylation is 1. The van der Waals surface area contributed by atoms with Gasteiger partial charge in [0.25, 0.3) is 10.0 Å². The molecule has 2 aromatic rings. The maximum Gasteiger partial charge on any atom is 0.266 e. The largest absolute Gasteiger partial charge is 0.326 e. The molecule has 0 aliphatic carbocycles. The van der Waals surface area contributed by atoms with E-state index < -0.39 is 15.8 Å². The van der Waals surface area contributed by atoms with E-state index in [2.05, 4.69) is 0 Å². The lowest BCUT2D eigenvalue weighted by Crippen LogP contribution is -2.27. The van der Waals surface area contributed by atoms with Crippen LogP contribution in [0.4, 0.5) is 10.1 Å². The summed E-state index contributed by atoms with van der Waals surface area (Å²) in [4.78, 5) is -0.358. The van der Waals surface area contributed by atoms with Crippen LogP contribution >= 0.6 is 0 Å². The number of nitrogens with zero attached hydrogens (tertiary/aromatic N) is 1. The van der Waals surface area contributed by atoms with Crippen molar-refractivity contribution in [2.75, 3.05) is 11.4 Å². The number of halogens is 1. The standard InChI is InChI=1S/C15H17FN2O2S/c1-11-4-3-5-13(8-11)18(2)21(19,20)15-7-6-12(10-17)9-14(15)16/h3-9H,10,17H2,1-2H3. The van der Waals surface area contributed by atoms with Crippen molar-refractivity contribution in [1.82, 2.24) is 0 Å². The summed E-state index contributed by atoms with van der Waals surface area (Å²) in [5, 5.41) is 0. The Hall–Kier alpha value is -1.92. The van der Waals surface area contributed by atoms with Crippen molar-refractivity contribution >= 4 is 15.7 Å². The number of nitrogens with two attached hydrogens (primary N) is 1. The predicted octanol–water partition coefficient (Wildman–Crippen LogP) is 2.42. The maximum absolute atomic E-state index is 14.0. The first-order chi connectivity index (χ1) is 9.86. The summed E-state index contributed by atoms with van der Waals surface area (Å²) in [6, 6.07) is 10.9. The predicted molar refractivity (Wildman–Crippen MR) is 81.1 cm³/mol. The topological polar surface area (TPSA) is 63.4 Å². The zero-order valence-electron chi connectivity index (χ0n) is 11.9. The second kappa shape index (κ2) is 5.83. The van der Waals surface area contributed by atoms with Crippen LogP contribution in [0.1, 0.15) is 11.1 Å². The average Bonchev–Trinajstić information content (AvgIpc) is 2.45. The van der Waals surface area contributed by atoms with E-state index in [9.17, 15) is 12.8 Å². The van der Waals surface area contributed by atoms with Crippen molar-refractivity contribution in [3.8, 4) is 0 Å². The van der Waals surface area contributed by atoms with E-state index in [-0.39, 0.29) is 11.4 Å². The lowest BCUT2D eigenvalue weighted by atomic mass is 10.2. The van der Waals surface area contributed by atoms with E-state index in [0.29, 0.717) is 11.3 Å². The monoisotopic (exact) mass is 308 g/mol. The molecule has 0 aromatic heterocycles. The summed E-state index contributed by atoms with van der Waals surface area (Å²) in [7, 11) is -2.54. The molecule has 112 valence electrons. The summed E-state index contributed by atoms with van der Waals surface area (Å²) in [5.41, 5.74) is 7.37. The van der Waals surface area contributed by atoms with Crippen molar-refractivity contribution in [2.45, 2.75) is 18.4 Å². The van der Waals surface area contributed by atoms with Gasteiger partial charge in [-0.05, 0) is 42.3 Å². The molecule has 0 unspecified atom stereocenters. The summed E-state index contributed by atoms with van der Waals surface area (Å²) >= 11 is 0. The van der Waals surface area contributed by atoms with Crippen LogP contribution in [0.3, 0.4) is 0 Å². The highest BCUT2D eigenvalue weighted by molar-refractivity contribution is 7.92. The second-order valence-corrected chi connectivity index (χ2v) is 6.72. The van der Waals surface area contributed by atoms with Gasteiger partial charge >= 0.3 is 0 Å². The van der Waals surface area contributed by atoms with E-state index in [1.54, 1.807) is 18.2 Å². The first kappa shape index (κ1) is 15.5. The minimum atomic E-state index is -3.95. The van der Waals surface area contributed by atoms with Crippen LogP contribution in [-0.4, -0.2) is 15.5 Å². The molecule has 0 saturated carbocycles. The molecule has 4 nitrogen and oxygen atoms in total. The molecule has 0 radical (unpaired) electrons. The van der Waals surface area contributed by atoms with Gasteiger partial charge < -0.3 is 5.73 Å². The van der Waals surface area contributed by atoms with Crippen LogP contribution in [0.5, 0.6) is 0 Å². The van der Waals surface area contributed by atoms with Gasteiger partial charge in [-0.3, -0.25) is 4.31 Å². The highest BCUT2D eigenvalue weighted by Gasteiger charge is 2.25. The Morgan fingerprint density at radius 3 is 2.48 bits per heavy atom. The third kappa shape index (κ3) is 3.06. The Bertz CT molecular complexity index is 760. The quantitative estimate of drug-likeness (QED) is 0.943. The van der Waals surface area contributed by atoms with Gasteiger partial charge in [-0.15, -0.1) is 0 Å². The molecule has 2 aromatic carbocycles. The summed E-state index contributed by atoms with van der Waals surface area (Å²) < 4.78 is 40.1. The molecule has 0 aliphatic rings. The molecule has 0 saturated heterocycles. The van der Waals surface area contributed by atoms with Gasteiger partial charge in [0.05, 0.1) is 5.69 Å². The highest BCUT2D eigenvalue weighted by Crippen LogP contribution is 2.25. The molecular formula is C15H17FN2O2S. The van der Waals surface area contributed by atoms with E-state index in [0.717, 1.165) is 15.9 Å². The fourth-order valence-corrected chi connectivity index (χ4v) is 3.22. The Morgan fingerprint density at radius 1 is 1.19 bits per heavy atom. The highest BCUT2D eigenvalue weighted by atomic mass is 32.2. The third-order valence-electron chi connectivity index (χ3n) is 3.24.